The second-order valence-electron chi connectivity index (χ2n) is 7.80. The third-order valence-corrected chi connectivity index (χ3v) is 5.82. The number of pyridine rings is 1. The van der Waals surface area contributed by atoms with Crippen molar-refractivity contribution in [2.45, 2.75) is 6.54 Å². The number of rotatable bonds is 6. The van der Waals surface area contributed by atoms with Gasteiger partial charge in [-0.15, -0.1) is 0 Å². The first-order valence-corrected chi connectivity index (χ1v) is 10.7. The van der Waals surface area contributed by atoms with Crippen LogP contribution in [0.2, 0.25) is 0 Å². The van der Waals surface area contributed by atoms with Crippen molar-refractivity contribution < 1.29 is 13.9 Å². The van der Waals surface area contributed by atoms with Crippen molar-refractivity contribution in [2.75, 3.05) is 14.2 Å². The maximum atomic E-state index is 13.4. The molecule has 0 bridgehead atoms. The molecule has 0 N–H and O–H groups in total. The Hall–Kier alpha value is -4.12. The summed E-state index contributed by atoms with van der Waals surface area (Å²) in [7, 11) is 3.29. The van der Waals surface area contributed by atoms with E-state index in [4.69, 9.17) is 9.47 Å². The van der Waals surface area contributed by atoms with Gasteiger partial charge in [0, 0.05) is 34.4 Å². The SMILES string of the molecule is COc1cc(-c2ccc3c(ccn3Cc3ccccn3)c2)c(OC)cc1-c1ccc(F)cc1. The molecule has 0 aliphatic heterocycles. The molecule has 0 saturated heterocycles. The molecule has 0 fully saturated rings. The van der Waals surface area contributed by atoms with Crippen LogP contribution in [0.3, 0.4) is 0 Å². The van der Waals surface area contributed by atoms with E-state index in [-0.39, 0.29) is 5.82 Å². The number of nitrogens with zero attached hydrogens (tertiary/aromatic N) is 2. The Morgan fingerprint density at radius 3 is 2.15 bits per heavy atom. The summed E-state index contributed by atoms with van der Waals surface area (Å²) in [4.78, 5) is 4.43. The Balaban J connectivity index is 1.55. The second-order valence-corrected chi connectivity index (χ2v) is 7.80. The predicted molar refractivity (Wildman–Crippen MR) is 129 cm³/mol. The number of hydrogen-bond donors (Lipinski definition) is 0. The first kappa shape index (κ1) is 20.8. The van der Waals surface area contributed by atoms with Gasteiger partial charge in [-0.2, -0.15) is 0 Å². The molecule has 0 aliphatic carbocycles. The number of methoxy groups -OCH3 is 2. The summed E-state index contributed by atoms with van der Waals surface area (Å²) in [5, 5.41) is 1.13. The average Bonchev–Trinajstić information content (AvgIpc) is 3.26. The number of benzene rings is 3. The topological polar surface area (TPSA) is 36.3 Å². The summed E-state index contributed by atoms with van der Waals surface area (Å²) in [5.41, 5.74) is 5.82. The minimum absolute atomic E-state index is 0.274. The molecular formula is C28H23FN2O2. The fourth-order valence-electron chi connectivity index (χ4n) is 4.15. The molecule has 5 rings (SSSR count). The molecule has 0 aliphatic rings. The van der Waals surface area contributed by atoms with Gasteiger partial charge in [0.15, 0.2) is 0 Å². The lowest BCUT2D eigenvalue weighted by Crippen LogP contribution is -1.99. The molecule has 3 aromatic carbocycles. The maximum Gasteiger partial charge on any atom is 0.127 e. The number of hydrogen-bond acceptors (Lipinski definition) is 3. The van der Waals surface area contributed by atoms with Gasteiger partial charge >= 0.3 is 0 Å². The molecule has 0 unspecified atom stereocenters. The number of halogens is 1. The summed E-state index contributed by atoms with van der Waals surface area (Å²) < 4.78 is 27.0. The van der Waals surface area contributed by atoms with Gasteiger partial charge in [-0.25, -0.2) is 4.39 Å². The van der Waals surface area contributed by atoms with Crippen LogP contribution in [0.15, 0.2) is 91.3 Å². The number of ether oxygens (including phenoxy) is 2. The zero-order chi connectivity index (χ0) is 22.8. The lowest BCUT2D eigenvalue weighted by molar-refractivity contribution is 0.406. The van der Waals surface area contributed by atoms with Crippen molar-refractivity contribution in [3.8, 4) is 33.8 Å². The van der Waals surface area contributed by atoms with Gasteiger partial charge in [0.25, 0.3) is 0 Å². The largest absolute Gasteiger partial charge is 0.496 e. The first-order chi connectivity index (χ1) is 16.2. The number of aromatic nitrogens is 2. The fraction of sp³-hybridized carbons (Fsp3) is 0.107. The lowest BCUT2D eigenvalue weighted by Gasteiger charge is -2.16. The summed E-state index contributed by atoms with van der Waals surface area (Å²) >= 11 is 0. The third kappa shape index (κ3) is 4.05. The molecule has 0 amide bonds. The quantitative estimate of drug-likeness (QED) is 0.301. The van der Waals surface area contributed by atoms with Crippen LogP contribution in [-0.4, -0.2) is 23.8 Å². The van der Waals surface area contributed by atoms with Crippen molar-refractivity contribution in [1.82, 2.24) is 9.55 Å². The normalized spacial score (nSPS) is 11.0. The Bertz CT molecular complexity index is 1410. The third-order valence-electron chi connectivity index (χ3n) is 5.82. The molecule has 0 saturated carbocycles. The van der Waals surface area contributed by atoms with Gasteiger partial charge in [0.2, 0.25) is 0 Å². The highest BCUT2D eigenvalue weighted by atomic mass is 19.1. The highest BCUT2D eigenvalue weighted by Gasteiger charge is 2.15. The van der Waals surface area contributed by atoms with E-state index in [1.54, 1.807) is 26.4 Å². The highest BCUT2D eigenvalue weighted by molar-refractivity contribution is 5.89. The van der Waals surface area contributed by atoms with Crippen LogP contribution in [0, 0.1) is 5.82 Å². The zero-order valence-electron chi connectivity index (χ0n) is 18.5. The van der Waals surface area contributed by atoms with Gasteiger partial charge in [-0.3, -0.25) is 4.98 Å². The fourth-order valence-corrected chi connectivity index (χ4v) is 4.15. The van der Waals surface area contributed by atoms with Gasteiger partial charge < -0.3 is 14.0 Å². The van der Waals surface area contributed by atoms with E-state index >= 15 is 0 Å². The summed E-state index contributed by atoms with van der Waals surface area (Å²) in [6.45, 7) is 0.715. The van der Waals surface area contributed by atoms with Crippen molar-refractivity contribution in [3.63, 3.8) is 0 Å². The zero-order valence-corrected chi connectivity index (χ0v) is 18.5. The Morgan fingerprint density at radius 2 is 1.48 bits per heavy atom. The van der Waals surface area contributed by atoms with Crippen LogP contribution in [0.5, 0.6) is 11.5 Å². The van der Waals surface area contributed by atoms with E-state index in [0.717, 1.165) is 44.6 Å². The Kier molecular flexibility index (Phi) is 5.53. The summed E-state index contributed by atoms with van der Waals surface area (Å²) in [6.07, 6.45) is 3.90. The van der Waals surface area contributed by atoms with Crippen LogP contribution in [0.1, 0.15) is 5.69 Å². The van der Waals surface area contributed by atoms with Crippen LogP contribution in [0.25, 0.3) is 33.2 Å². The van der Waals surface area contributed by atoms with Gasteiger partial charge in [-0.1, -0.05) is 24.3 Å². The van der Waals surface area contributed by atoms with Gasteiger partial charge in [-0.05, 0) is 65.7 Å². The van der Waals surface area contributed by atoms with E-state index in [2.05, 4.69) is 40.0 Å². The van der Waals surface area contributed by atoms with E-state index < -0.39 is 0 Å². The molecule has 0 spiro atoms. The van der Waals surface area contributed by atoms with Crippen molar-refractivity contribution in [2.24, 2.45) is 0 Å². The molecule has 0 atom stereocenters. The van der Waals surface area contributed by atoms with Crippen molar-refractivity contribution in [3.05, 3.63) is 103 Å². The van der Waals surface area contributed by atoms with E-state index in [1.165, 1.54) is 12.1 Å². The van der Waals surface area contributed by atoms with Gasteiger partial charge in [0.05, 0.1) is 26.5 Å². The number of fused-ring (bicyclic) bond motifs is 1. The van der Waals surface area contributed by atoms with E-state index in [9.17, 15) is 4.39 Å². The van der Waals surface area contributed by atoms with Gasteiger partial charge in [0.1, 0.15) is 17.3 Å². The lowest BCUT2D eigenvalue weighted by atomic mass is 9.97. The minimum Gasteiger partial charge on any atom is -0.496 e. The molecule has 164 valence electrons. The molecule has 2 heterocycles. The molecule has 5 aromatic rings. The molecule has 4 nitrogen and oxygen atoms in total. The standard InChI is InChI=1S/C28H23FN2O2/c1-32-27-17-25(28(33-2)16-24(27)19-6-9-22(29)10-7-19)20-8-11-26-21(15-20)12-14-31(26)18-23-5-3-4-13-30-23/h3-17H,18H2,1-2H3. The van der Waals surface area contributed by atoms with Crippen molar-refractivity contribution in [1.29, 1.82) is 0 Å². The first-order valence-electron chi connectivity index (χ1n) is 10.7. The highest BCUT2D eigenvalue weighted by Crippen LogP contribution is 2.41. The minimum atomic E-state index is -0.274. The maximum absolute atomic E-state index is 13.4. The second kappa shape index (κ2) is 8.79. The van der Waals surface area contributed by atoms with E-state index in [1.807, 2.05) is 36.5 Å². The summed E-state index contributed by atoms with van der Waals surface area (Å²) in [6, 6.07) is 24.7. The Labute approximate surface area is 191 Å². The molecule has 5 heteroatoms. The predicted octanol–water partition coefficient (Wildman–Crippen LogP) is 6.57. The molecule has 33 heavy (non-hydrogen) atoms. The monoisotopic (exact) mass is 438 g/mol. The van der Waals surface area contributed by atoms with Crippen LogP contribution in [-0.2, 0) is 6.54 Å². The summed E-state index contributed by atoms with van der Waals surface area (Å²) in [5.74, 6) is 1.15. The molecular weight excluding hydrogens is 415 g/mol. The van der Waals surface area contributed by atoms with Crippen LogP contribution >= 0.6 is 0 Å². The van der Waals surface area contributed by atoms with E-state index in [0.29, 0.717) is 12.3 Å². The molecule has 2 aromatic heterocycles. The molecule has 0 radical (unpaired) electrons. The van der Waals surface area contributed by atoms with Crippen LogP contribution in [0.4, 0.5) is 4.39 Å². The average molecular weight is 439 g/mol. The Morgan fingerprint density at radius 1 is 0.788 bits per heavy atom. The smallest absolute Gasteiger partial charge is 0.127 e. The van der Waals surface area contributed by atoms with Crippen molar-refractivity contribution >= 4 is 10.9 Å². The van der Waals surface area contributed by atoms with Crippen LogP contribution < -0.4 is 9.47 Å².